The number of likely N-dealkylation sites (N-methyl/N-ethyl adjacent to an activating group) is 1. The number of aromatic nitrogens is 3. The summed E-state index contributed by atoms with van der Waals surface area (Å²) in [5, 5.41) is 8.81. The normalized spacial score (nSPS) is 21.8. The first kappa shape index (κ1) is 19.6. The number of halogens is 1. The van der Waals surface area contributed by atoms with E-state index in [0.29, 0.717) is 5.92 Å². The minimum Gasteiger partial charge on any atom is -0.348 e. The summed E-state index contributed by atoms with van der Waals surface area (Å²) in [6.07, 6.45) is 2.05. The minimum absolute atomic E-state index is 0. The van der Waals surface area contributed by atoms with Crippen LogP contribution in [0, 0.1) is 0 Å². The highest BCUT2D eigenvalue weighted by Gasteiger charge is 2.30. The van der Waals surface area contributed by atoms with Crippen molar-refractivity contribution < 1.29 is 4.52 Å². The Morgan fingerprint density at radius 1 is 1.14 bits per heavy atom. The monoisotopic (exact) mass is 420 g/mol. The molecule has 0 saturated carbocycles. The second-order valence-electron chi connectivity index (χ2n) is 7.42. The Morgan fingerprint density at radius 3 is 2.75 bits per heavy atom. The van der Waals surface area contributed by atoms with Gasteiger partial charge < -0.3 is 14.7 Å². The van der Waals surface area contributed by atoms with Gasteiger partial charge >= 0.3 is 0 Å². The number of para-hydroxylation sites is 1. The molecular formula is C19H25ClN6OS. The number of hydrogen-bond acceptors (Lipinski definition) is 8. The van der Waals surface area contributed by atoms with Crippen LogP contribution in [0.3, 0.4) is 0 Å². The molecule has 150 valence electrons. The van der Waals surface area contributed by atoms with Gasteiger partial charge in [0, 0.05) is 38.6 Å². The maximum atomic E-state index is 5.65. The second-order valence-corrected chi connectivity index (χ2v) is 8.43. The molecule has 1 N–H and O–H groups in total. The van der Waals surface area contributed by atoms with Crippen molar-refractivity contribution in [3.8, 4) is 0 Å². The summed E-state index contributed by atoms with van der Waals surface area (Å²) >= 11 is 1.77. The first-order valence-corrected chi connectivity index (χ1v) is 10.4. The van der Waals surface area contributed by atoms with Gasteiger partial charge in [0.1, 0.15) is 0 Å². The van der Waals surface area contributed by atoms with Crippen molar-refractivity contribution in [2.24, 2.45) is 0 Å². The highest BCUT2D eigenvalue weighted by atomic mass is 35.5. The number of benzene rings is 1. The Labute approximate surface area is 174 Å². The van der Waals surface area contributed by atoms with Crippen LogP contribution in [-0.4, -0.2) is 59.8 Å². The Morgan fingerprint density at radius 2 is 1.96 bits per heavy atom. The summed E-state index contributed by atoms with van der Waals surface area (Å²) in [5.74, 6) is 1.96. The van der Waals surface area contributed by atoms with Crippen LogP contribution in [0.4, 0.5) is 5.13 Å². The fraction of sp³-hybridized carbons (Fsp3) is 0.526. The molecule has 7 nitrogen and oxygen atoms in total. The van der Waals surface area contributed by atoms with Gasteiger partial charge in [0.2, 0.25) is 5.89 Å². The number of rotatable bonds is 3. The summed E-state index contributed by atoms with van der Waals surface area (Å²) in [5.41, 5.74) is 1.09. The Hall–Kier alpha value is -1.74. The van der Waals surface area contributed by atoms with Gasteiger partial charge in [0.15, 0.2) is 11.0 Å². The SMILES string of the molecule is CN1CCNCC1c1noc(C2CCN(c3nc4ccccc4s3)CC2)n1.Cl. The molecule has 5 rings (SSSR count). The second kappa shape index (κ2) is 8.32. The van der Waals surface area contributed by atoms with Crippen LogP contribution >= 0.6 is 23.7 Å². The van der Waals surface area contributed by atoms with Crippen LogP contribution in [0.2, 0.25) is 0 Å². The number of piperazine rings is 1. The van der Waals surface area contributed by atoms with Gasteiger partial charge in [0.25, 0.3) is 0 Å². The Balaban J connectivity index is 0.00000192. The third-order valence-corrected chi connectivity index (χ3v) is 6.76. The Kier molecular flexibility index (Phi) is 5.82. The highest BCUT2D eigenvalue weighted by molar-refractivity contribution is 7.22. The maximum Gasteiger partial charge on any atom is 0.229 e. The fourth-order valence-electron chi connectivity index (χ4n) is 3.96. The number of thiazole rings is 1. The van der Waals surface area contributed by atoms with Crippen LogP contribution in [0.15, 0.2) is 28.8 Å². The number of nitrogens with one attached hydrogen (secondary N) is 1. The lowest BCUT2D eigenvalue weighted by atomic mass is 9.97. The quantitative estimate of drug-likeness (QED) is 0.698. The predicted molar refractivity (Wildman–Crippen MR) is 114 cm³/mol. The van der Waals surface area contributed by atoms with E-state index in [1.165, 1.54) is 4.70 Å². The summed E-state index contributed by atoms with van der Waals surface area (Å²) in [7, 11) is 2.12. The van der Waals surface area contributed by atoms with Gasteiger partial charge in [-0.15, -0.1) is 12.4 Å². The number of nitrogens with zero attached hydrogens (tertiary/aromatic N) is 5. The molecule has 1 unspecified atom stereocenters. The average molecular weight is 421 g/mol. The van der Waals surface area contributed by atoms with Gasteiger partial charge in [-0.2, -0.15) is 4.98 Å². The third-order valence-electron chi connectivity index (χ3n) is 5.66. The van der Waals surface area contributed by atoms with Gasteiger partial charge in [-0.3, -0.25) is 4.90 Å². The molecule has 0 amide bonds. The Bertz CT molecular complexity index is 889. The summed E-state index contributed by atoms with van der Waals surface area (Å²) in [6, 6.07) is 8.55. The van der Waals surface area contributed by atoms with E-state index in [-0.39, 0.29) is 18.4 Å². The smallest absolute Gasteiger partial charge is 0.229 e. The summed E-state index contributed by atoms with van der Waals surface area (Å²) < 4.78 is 6.90. The molecule has 2 aromatic heterocycles. The van der Waals surface area contributed by atoms with Crippen LogP contribution in [0.25, 0.3) is 10.2 Å². The lowest BCUT2D eigenvalue weighted by Crippen LogP contribution is -2.44. The van der Waals surface area contributed by atoms with E-state index in [1.807, 2.05) is 6.07 Å². The molecule has 4 heterocycles. The molecule has 0 radical (unpaired) electrons. The van der Waals surface area contributed by atoms with Crippen molar-refractivity contribution in [3.63, 3.8) is 0 Å². The zero-order valence-corrected chi connectivity index (χ0v) is 17.5. The molecule has 0 spiro atoms. The largest absolute Gasteiger partial charge is 0.348 e. The van der Waals surface area contributed by atoms with E-state index in [0.717, 1.165) is 67.9 Å². The number of fused-ring (bicyclic) bond motifs is 1. The van der Waals surface area contributed by atoms with E-state index in [1.54, 1.807) is 11.3 Å². The van der Waals surface area contributed by atoms with E-state index < -0.39 is 0 Å². The molecule has 0 bridgehead atoms. The van der Waals surface area contributed by atoms with Crippen molar-refractivity contribution in [2.45, 2.75) is 24.8 Å². The van der Waals surface area contributed by atoms with Crippen molar-refractivity contribution in [3.05, 3.63) is 36.0 Å². The predicted octanol–water partition coefficient (Wildman–Crippen LogP) is 3.06. The lowest BCUT2D eigenvalue weighted by molar-refractivity contribution is 0.190. The zero-order valence-electron chi connectivity index (χ0n) is 15.9. The van der Waals surface area contributed by atoms with Crippen molar-refractivity contribution in [1.29, 1.82) is 0 Å². The topological polar surface area (TPSA) is 70.3 Å². The van der Waals surface area contributed by atoms with Crippen molar-refractivity contribution >= 4 is 39.1 Å². The molecular weight excluding hydrogens is 396 g/mol. The first-order chi connectivity index (χ1) is 13.3. The standard InChI is InChI=1S/C19H24N6OS.ClH/c1-24-11-8-20-12-15(24)17-22-18(26-23-17)13-6-9-25(10-7-13)19-21-14-4-2-3-5-16(14)27-19;/h2-5,13,15,20H,6-12H2,1H3;1H. The van der Waals surface area contributed by atoms with E-state index >= 15 is 0 Å². The summed E-state index contributed by atoms with van der Waals surface area (Å²) in [6.45, 7) is 4.86. The van der Waals surface area contributed by atoms with E-state index in [9.17, 15) is 0 Å². The molecule has 2 saturated heterocycles. The molecule has 0 aliphatic carbocycles. The van der Waals surface area contributed by atoms with Crippen LogP contribution < -0.4 is 10.2 Å². The molecule has 2 aliphatic heterocycles. The maximum absolute atomic E-state index is 5.65. The zero-order chi connectivity index (χ0) is 18.2. The molecule has 1 atom stereocenters. The molecule has 2 aliphatic rings. The minimum atomic E-state index is 0. The van der Waals surface area contributed by atoms with E-state index in [2.05, 4.69) is 45.5 Å². The first-order valence-electron chi connectivity index (χ1n) is 9.63. The van der Waals surface area contributed by atoms with Gasteiger partial charge in [-0.1, -0.05) is 28.6 Å². The van der Waals surface area contributed by atoms with Crippen LogP contribution in [-0.2, 0) is 0 Å². The molecule has 28 heavy (non-hydrogen) atoms. The summed E-state index contributed by atoms with van der Waals surface area (Å²) in [4.78, 5) is 14.2. The van der Waals surface area contributed by atoms with Gasteiger partial charge in [-0.05, 0) is 32.0 Å². The third kappa shape index (κ3) is 3.74. The van der Waals surface area contributed by atoms with E-state index in [4.69, 9.17) is 14.5 Å². The van der Waals surface area contributed by atoms with Crippen molar-refractivity contribution in [1.82, 2.24) is 25.3 Å². The van der Waals surface area contributed by atoms with Crippen LogP contribution in [0.5, 0.6) is 0 Å². The average Bonchev–Trinajstić information content (AvgIpc) is 3.36. The van der Waals surface area contributed by atoms with Crippen molar-refractivity contribution in [2.75, 3.05) is 44.7 Å². The lowest BCUT2D eigenvalue weighted by Gasteiger charge is -2.31. The molecule has 3 aromatic rings. The fourth-order valence-corrected chi connectivity index (χ4v) is 4.97. The number of hydrogen-bond donors (Lipinski definition) is 1. The van der Waals surface area contributed by atoms with Gasteiger partial charge in [-0.25, -0.2) is 4.98 Å². The highest BCUT2D eigenvalue weighted by Crippen LogP contribution is 2.34. The number of anilines is 1. The number of piperidine rings is 1. The molecule has 2 fully saturated rings. The van der Waals surface area contributed by atoms with Crippen LogP contribution in [0.1, 0.15) is 36.5 Å². The molecule has 9 heteroatoms. The van der Waals surface area contributed by atoms with Gasteiger partial charge in [0.05, 0.1) is 16.3 Å². The molecule has 1 aromatic carbocycles.